The van der Waals surface area contributed by atoms with Crippen LogP contribution in [0.3, 0.4) is 0 Å². The molecule has 1 amide bonds. The third-order valence-electron chi connectivity index (χ3n) is 5.49. The van der Waals surface area contributed by atoms with Gasteiger partial charge in [0, 0.05) is 50.6 Å². The smallest absolute Gasteiger partial charge is 0.247 e. The van der Waals surface area contributed by atoms with Gasteiger partial charge >= 0.3 is 0 Å². The summed E-state index contributed by atoms with van der Waals surface area (Å²) in [4.78, 5) is 17.0. The highest BCUT2D eigenvalue weighted by Crippen LogP contribution is 2.20. The summed E-state index contributed by atoms with van der Waals surface area (Å²) in [5.41, 5.74) is 2.09. The summed E-state index contributed by atoms with van der Waals surface area (Å²) in [6, 6.07) is 8.87. The lowest BCUT2D eigenvalue weighted by atomic mass is 10.0. The lowest BCUT2D eigenvalue weighted by molar-refractivity contribution is -0.133. The van der Waals surface area contributed by atoms with E-state index in [1.54, 1.807) is 0 Å². The number of piperidine rings is 1. The standard InChI is InChI=1S/C21H30N4O2/c1-15(2)25-13-11-18(12-14-25)24(4)20(26)10-9-19-22-23-21(27-19)17-7-5-16(3)6-8-17/h5-8,15,18H,9-14H2,1-4H3. The van der Waals surface area contributed by atoms with Gasteiger partial charge in [0.15, 0.2) is 0 Å². The van der Waals surface area contributed by atoms with E-state index in [4.69, 9.17) is 4.42 Å². The fraction of sp³-hybridized carbons (Fsp3) is 0.571. The zero-order valence-corrected chi connectivity index (χ0v) is 16.8. The number of amides is 1. The molecule has 0 radical (unpaired) electrons. The van der Waals surface area contributed by atoms with Crippen LogP contribution in [0.5, 0.6) is 0 Å². The van der Waals surface area contributed by atoms with Gasteiger partial charge in [0.25, 0.3) is 0 Å². The number of benzene rings is 1. The second kappa shape index (κ2) is 8.65. The Hall–Kier alpha value is -2.21. The Kier molecular flexibility index (Phi) is 6.26. The fourth-order valence-corrected chi connectivity index (χ4v) is 3.55. The molecule has 0 N–H and O–H groups in total. The number of carbonyl (C=O) groups is 1. The molecule has 0 aliphatic carbocycles. The van der Waals surface area contributed by atoms with Gasteiger partial charge in [0.1, 0.15) is 0 Å². The van der Waals surface area contributed by atoms with E-state index >= 15 is 0 Å². The SMILES string of the molecule is Cc1ccc(-c2nnc(CCC(=O)N(C)C3CCN(C(C)C)CC3)o2)cc1. The molecule has 1 aromatic heterocycles. The Labute approximate surface area is 161 Å². The number of aryl methyl sites for hydroxylation is 2. The Balaban J connectivity index is 1.50. The van der Waals surface area contributed by atoms with E-state index in [0.717, 1.165) is 31.5 Å². The number of aromatic nitrogens is 2. The molecule has 1 aromatic carbocycles. The predicted molar refractivity (Wildman–Crippen MR) is 105 cm³/mol. The maximum absolute atomic E-state index is 12.6. The number of rotatable bonds is 6. The summed E-state index contributed by atoms with van der Waals surface area (Å²) < 4.78 is 5.73. The zero-order chi connectivity index (χ0) is 19.4. The maximum atomic E-state index is 12.6. The van der Waals surface area contributed by atoms with Crippen LogP contribution < -0.4 is 0 Å². The van der Waals surface area contributed by atoms with Crippen molar-refractivity contribution < 1.29 is 9.21 Å². The van der Waals surface area contributed by atoms with E-state index in [-0.39, 0.29) is 5.91 Å². The highest BCUT2D eigenvalue weighted by molar-refractivity contribution is 5.76. The van der Waals surface area contributed by atoms with Crippen LogP contribution in [0.15, 0.2) is 28.7 Å². The summed E-state index contributed by atoms with van der Waals surface area (Å²) in [7, 11) is 1.92. The first-order chi connectivity index (χ1) is 12.9. The van der Waals surface area contributed by atoms with Crippen molar-refractivity contribution in [1.29, 1.82) is 0 Å². The average Bonchev–Trinajstić information content (AvgIpc) is 3.15. The molecule has 1 saturated heterocycles. The van der Waals surface area contributed by atoms with Gasteiger partial charge in [0.05, 0.1) is 0 Å². The van der Waals surface area contributed by atoms with Crippen LogP contribution in [0.4, 0.5) is 0 Å². The molecule has 27 heavy (non-hydrogen) atoms. The zero-order valence-electron chi connectivity index (χ0n) is 16.8. The van der Waals surface area contributed by atoms with Crippen LogP contribution >= 0.6 is 0 Å². The number of carbonyl (C=O) groups excluding carboxylic acids is 1. The van der Waals surface area contributed by atoms with Gasteiger partial charge in [-0.05, 0) is 45.7 Å². The van der Waals surface area contributed by atoms with Crippen LogP contribution in [0.25, 0.3) is 11.5 Å². The predicted octanol–water partition coefficient (Wildman–Crippen LogP) is 3.31. The van der Waals surface area contributed by atoms with Gasteiger partial charge in [-0.1, -0.05) is 17.7 Å². The van der Waals surface area contributed by atoms with Gasteiger partial charge in [0.2, 0.25) is 17.7 Å². The van der Waals surface area contributed by atoms with Gasteiger partial charge in [-0.15, -0.1) is 10.2 Å². The molecule has 0 spiro atoms. The maximum Gasteiger partial charge on any atom is 0.247 e. The first-order valence-corrected chi connectivity index (χ1v) is 9.83. The molecule has 1 aliphatic rings. The molecule has 146 valence electrons. The minimum atomic E-state index is 0.146. The lowest BCUT2D eigenvalue weighted by Crippen LogP contribution is -2.47. The van der Waals surface area contributed by atoms with Crippen molar-refractivity contribution in [2.75, 3.05) is 20.1 Å². The monoisotopic (exact) mass is 370 g/mol. The first-order valence-electron chi connectivity index (χ1n) is 9.83. The number of hydrogen-bond acceptors (Lipinski definition) is 5. The van der Waals surface area contributed by atoms with E-state index in [1.807, 2.05) is 43.1 Å². The van der Waals surface area contributed by atoms with Crippen molar-refractivity contribution in [1.82, 2.24) is 20.0 Å². The molecule has 6 nitrogen and oxygen atoms in total. The molecule has 2 heterocycles. The third-order valence-corrected chi connectivity index (χ3v) is 5.49. The summed E-state index contributed by atoms with van der Waals surface area (Å²) in [6.45, 7) is 8.61. The Morgan fingerprint density at radius 1 is 1.22 bits per heavy atom. The quantitative estimate of drug-likeness (QED) is 0.781. The number of nitrogens with zero attached hydrogens (tertiary/aromatic N) is 4. The number of hydrogen-bond donors (Lipinski definition) is 0. The molecule has 2 aromatic rings. The van der Waals surface area contributed by atoms with E-state index in [1.165, 1.54) is 5.56 Å². The minimum Gasteiger partial charge on any atom is -0.421 e. The lowest BCUT2D eigenvalue weighted by Gasteiger charge is -2.38. The highest BCUT2D eigenvalue weighted by atomic mass is 16.4. The molecule has 3 rings (SSSR count). The number of likely N-dealkylation sites (tertiary alicyclic amines) is 1. The van der Waals surface area contributed by atoms with E-state index < -0.39 is 0 Å². The molecule has 1 fully saturated rings. The minimum absolute atomic E-state index is 0.146. The second-order valence-corrected chi connectivity index (χ2v) is 7.73. The molecule has 0 unspecified atom stereocenters. The van der Waals surface area contributed by atoms with Gasteiger partial charge in [-0.2, -0.15) is 0 Å². The van der Waals surface area contributed by atoms with Crippen molar-refractivity contribution in [2.45, 2.75) is 58.5 Å². The highest BCUT2D eigenvalue weighted by Gasteiger charge is 2.26. The van der Waals surface area contributed by atoms with E-state index in [2.05, 4.69) is 28.9 Å². The van der Waals surface area contributed by atoms with Crippen molar-refractivity contribution in [3.8, 4) is 11.5 Å². The average molecular weight is 370 g/mol. The third kappa shape index (κ3) is 4.95. The molecule has 0 atom stereocenters. The van der Waals surface area contributed by atoms with Crippen LogP contribution in [-0.2, 0) is 11.2 Å². The Morgan fingerprint density at radius 2 is 1.89 bits per heavy atom. The first kappa shape index (κ1) is 19.5. The van der Waals surface area contributed by atoms with E-state index in [0.29, 0.717) is 36.7 Å². The van der Waals surface area contributed by atoms with Crippen molar-refractivity contribution in [3.05, 3.63) is 35.7 Å². The van der Waals surface area contributed by atoms with Gasteiger partial charge in [-0.25, -0.2) is 0 Å². The summed E-state index contributed by atoms with van der Waals surface area (Å²) >= 11 is 0. The fourth-order valence-electron chi connectivity index (χ4n) is 3.55. The van der Waals surface area contributed by atoms with Crippen LogP contribution in [-0.4, -0.2) is 58.1 Å². The summed E-state index contributed by atoms with van der Waals surface area (Å²) in [5.74, 6) is 1.17. The van der Waals surface area contributed by atoms with Crippen molar-refractivity contribution in [3.63, 3.8) is 0 Å². The molecule has 0 saturated carbocycles. The van der Waals surface area contributed by atoms with Gasteiger partial charge < -0.3 is 14.2 Å². The van der Waals surface area contributed by atoms with Gasteiger partial charge in [-0.3, -0.25) is 4.79 Å². The topological polar surface area (TPSA) is 62.5 Å². The van der Waals surface area contributed by atoms with Crippen molar-refractivity contribution in [2.24, 2.45) is 0 Å². The Morgan fingerprint density at radius 3 is 2.52 bits per heavy atom. The largest absolute Gasteiger partial charge is 0.421 e. The van der Waals surface area contributed by atoms with Crippen LogP contribution in [0.1, 0.15) is 44.6 Å². The Bertz CT molecular complexity index is 746. The van der Waals surface area contributed by atoms with Crippen LogP contribution in [0, 0.1) is 6.92 Å². The van der Waals surface area contributed by atoms with E-state index in [9.17, 15) is 4.79 Å². The second-order valence-electron chi connectivity index (χ2n) is 7.73. The normalized spacial score (nSPS) is 16.0. The molecule has 6 heteroatoms. The molecule has 0 bridgehead atoms. The molecular weight excluding hydrogens is 340 g/mol. The van der Waals surface area contributed by atoms with Crippen LogP contribution in [0.2, 0.25) is 0 Å². The molecular formula is C21H30N4O2. The summed E-state index contributed by atoms with van der Waals surface area (Å²) in [5, 5.41) is 8.20. The van der Waals surface area contributed by atoms with Crippen molar-refractivity contribution >= 4 is 5.91 Å². The molecule has 1 aliphatic heterocycles. The summed E-state index contributed by atoms with van der Waals surface area (Å²) in [6.07, 6.45) is 2.96.